The Morgan fingerprint density at radius 1 is 1.35 bits per heavy atom. The normalized spacial score (nSPS) is 13.7. The fourth-order valence-corrected chi connectivity index (χ4v) is 2.02. The number of pyridine rings is 1. The molecule has 0 aromatic carbocycles. The highest BCUT2D eigenvalue weighted by Gasteiger charge is 2.17. The first-order chi connectivity index (χ1) is 8.25. The lowest BCUT2D eigenvalue weighted by Crippen LogP contribution is -2.16. The number of aryl methyl sites for hydroxylation is 1. The summed E-state index contributed by atoms with van der Waals surface area (Å²) in [6, 6.07) is 1.90. The monoisotopic (exact) mass is 228 g/mol. The predicted octanol–water partition coefficient (Wildman–Crippen LogP) is 0.744. The van der Waals surface area contributed by atoms with Gasteiger partial charge in [0.15, 0.2) is 0 Å². The van der Waals surface area contributed by atoms with Crippen LogP contribution in [0.2, 0.25) is 0 Å². The molecule has 0 saturated carbocycles. The average Bonchev–Trinajstić information content (AvgIpc) is 2.78. The zero-order valence-electron chi connectivity index (χ0n) is 9.45. The Morgan fingerprint density at radius 3 is 3.06 bits per heavy atom. The molecule has 0 amide bonds. The molecule has 0 spiro atoms. The van der Waals surface area contributed by atoms with Gasteiger partial charge in [-0.3, -0.25) is 9.78 Å². The Labute approximate surface area is 97.9 Å². The van der Waals surface area contributed by atoms with Crippen molar-refractivity contribution in [1.82, 2.24) is 20.3 Å². The van der Waals surface area contributed by atoms with Gasteiger partial charge in [-0.2, -0.15) is 0 Å². The smallest absolute Gasteiger partial charge is 0.255 e. The molecule has 17 heavy (non-hydrogen) atoms. The van der Waals surface area contributed by atoms with Crippen molar-refractivity contribution in [2.75, 3.05) is 0 Å². The second kappa shape index (κ2) is 3.78. The van der Waals surface area contributed by atoms with Crippen LogP contribution >= 0.6 is 0 Å². The highest BCUT2D eigenvalue weighted by atomic mass is 16.1. The lowest BCUT2D eigenvalue weighted by atomic mass is 10.1. The Morgan fingerprint density at radius 2 is 2.24 bits per heavy atom. The second-order valence-electron chi connectivity index (χ2n) is 4.13. The van der Waals surface area contributed by atoms with E-state index in [4.69, 9.17) is 0 Å². The molecule has 0 saturated heterocycles. The number of hydrogen-bond acceptors (Lipinski definition) is 4. The molecule has 3 rings (SSSR count). The number of aromatic nitrogens is 3. The molecule has 2 N–H and O–H groups in total. The minimum Gasteiger partial charge on any atom is -0.307 e. The zero-order chi connectivity index (χ0) is 11.8. The van der Waals surface area contributed by atoms with Crippen LogP contribution in [0.15, 0.2) is 23.3 Å². The average molecular weight is 228 g/mol. The predicted molar refractivity (Wildman–Crippen MR) is 63.4 cm³/mol. The number of nitrogens with zero attached hydrogens (tertiary/aromatic N) is 2. The minimum absolute atomic E-state index is 0.0572. The van der Waals surface area contributed by atoms with E-state index in [9.17, 15) is 4.79 Å². The molecule has 86 valence electrons. The number of fused-ring (bicyclic) bond motifs is 1. The first-order valence-electron chi connectivity index (χ1n) is 5.49. The Balaban J connectivity index is 2.20. The molecule has 0 aliphatic carbocycles. The Kier molecular flexibility index (Phi) is 2.26. The third-order valence-corrected chi connectivity index (χ3v) is 2.99. The van der Waals surface area contributed by atoms with E-state index in [1.165, 1.54) is 0 Å². The molecular formula is C12H12N4O. The maximum atomic E-state index is 11.9. The molecule has 0 bridgehead atoms. The van der Waals surface area contributed by atoms with E-state index in [1.54, 1.807) is 12.4 Å². The molecule has 0 atom stereocenters. The van der Waals surface area contributed by atoms with Gasteiger partial charge in [0.1, 0.15) is 5.82 Å². The highest BCUT2D eigenvalue weighted by molar-refractivity contribution is 5.58. The summed E-state index contributed by atoms with van der Waals surface area (Å²) in [6.07, 6.45) is 3.45. The van der Waals surface area contributed by atoms with E-state index in [-0.39, 0.29) is 5.56 Å². The summed E-state index contributed by atoms with van der Waals surface area (Å²) in [6.45, 7) is 3.23. The summed E-state index contributed by atoms with van der Waals surface area (Å²) in [5, 5.41) is 3.12. The Bertz CT molecular complexity index is 633. The van der Waals surface area contributed by atoms with Crippen molar-refractivity contribution in [3.8, 4) is 11.4 Å². The van der Waals surface area contributed by atoms with Gasteiger partial charge in [-0.05, 0) is 18.6 Å². The van der Waals surface area contributed by atoms with Crippen LogP contribution in [0.1, 0.15) is 16.8 Å². The number of H-pyrrole nitrogens is 1. The van der Waals surface area contributed by atoms with Gasteiger partial charge in [-0.15, -0.1) is 0 Å². The fourth-order valence-electron chi connectivity index (χ4n) is 2.02. The van der Waals surface area contributed by atoms with Crippen LogP contribution in [-0.4, -0.2) is 15.0 Å². The highest BCUT2D eigenvalue weighted by Crippen LogP contribution is 2.18. The van der Waals surface area contributed by atoms with E-state index in [2.05, 4.69) is 20.3 Å². The van der Waals surface area contributed by atoms with Crippen LogP contribution in [0.5, 0.6) is 0 Å². The van der Waals surface area contributed by atoms with E-state index in [0.717, 1.165) is 22.4 Å². The number of hydrogen-bond donors (Lipinski definition) is 2. The Hall–Kier alpha value is -2.01. The molecule has 0 fully saturated rings. The summed E-state index contributed by atoms with van der Waals surface area (Å²) < 4.78 is 0. The topological polar surface area (TPSA) is 70.7 Å². The summed E-state index contributed by atoms with van der Waals surface area (Å²) in [5.41, 5.74) is 3.45. The lowest BCUT2D eigenvalue weighted by Gasteiger charge is -2.05. The quantitative estimate of drug-likeness (QED) is 0.755. The summed E-state index contributed by atoms with van der Waals surface area (Å²) in [7, 11) is 0. The van der Waals surface area contributed by atoms with E-state index >= 15 is 0 Å². The SMILES string of the molecule is Cc1ccncc1-c1nc2c(c(=O)[nH]1)CNC2. The molecule has 0 radical (unpaired) electrons. The van der Waals surface area contributed by atoms with Crippen molar-refractivity contribution in [2.45, 2.75) is 20.0 Å². The lowest BCUT2D eigenvalue weighted by molar-refractivity contribution is 0.757. The second-order valence-corrected chi connectivity index (χ2v) is 4.13. The van der Waals surface area contributed by atoms with Crippen LogP contribution in [0.4, 0.5) is 0 Å². The third-order valence-electron chi connectivity index (χ3n) is 2.99. The van der Waals surface area contributed by atoms with Gasteiger partial charge in [0.2, 0.25) is 0 Å². The van der Waals surface area contributed by atoms with Gasteiger partial charge in [0.05, 0.1) is 11.3 Å². The first kappa shape index (κ1) is 10.2. The largest absolute Gasteiger partial charge is 0.307 e. The van der Waals surface area contributed by atoms with Gasteiger partial charge in [0, 0.05) is 31.0 Å². The van der Waals surface area contributed by atoms with Gasteiger partial charge in [-0.25, -0.2) is 4.98 Å². The van der Waals surface area contributed by atoms with Gasteiger partial charge in [0.25, 0.3) is 5.56 Å². The van der Waals surface area contributed by atoms with Gasteiger partial charge in [-0.1, -0.05) is 0 Å². The molecule has 1 aliphatic rings. The van der Waals surface area contributed by atoms with Crippen LogP contribution in [-0.2, 0) is 13.1 Å². The van der Waals surface area contributed by atoms with Crippen molar-refractivity contribution in [3.05, 3.63) is 45.6 Å². The van der Waals surface area contributed by atoms with Gasteiger partial charge >= 0.3 is 0 Å². The van der Waals surface area contributed by atoms with E-state index in [0.29, 0.717) is 18.9 Å². The van der Waals surface area contributed by atoms with Crippen LogP contribution in [0.25, 0.3) is 11.4 Å². The zero-order valence-corrected chi connectivity index (χ0v) is 9.45. The first-order valence-corrected chi connectivity index (χ1v) is 5.49. The molecule has 1 aliphatic heterocycles. The standard InChI is InChI=1S/C12H12N4O/c1-7-2-3-13-4-8(7)11-15-10-6-14-5-9(10)12(17)16-11/h2-4,14H,5-6H2,1H3,(H,15,16,17). The number of nitrogens with one attached hydrogen (secondary N) is 2. The molecule has 3 heterocycles. The number of aromatic amines is 1. The molecule has 2 aromatic rings. The third kappa shape index (κ3) is 1.64. The maximum Gasteiger partial charge on any atom is 0.255 e. The minimum atomic E-state index is -0.0572. The maximum absolute atomic E-state index is 11.9. The van der Waals surface area contributed by atoms with Crippen molar-refractivity contribution in [3.63, 3.8) is 0 Å². The summed E-state index contributed by atoms with van der Waals surface area (Å²) >= 11 is 0. The van der Waals surface area contributed by atoms with E-state index < -0.39 is 0 Å². The van der Waals surface area contributed by atoms with Crippen LogP contribution in [0, 0.1) is 6.92 Å². The molecule has 2 aromatic heterocycles. The molecule has 0 unspecified atom stereocenters. The van der Waals surface area contributed by atoms with Crippen LogP contribution in [0.3, 0.4) is 0 Å². The van der Waals surface area contributed by atoms with Gasteiger partial charge < -0.3 is 10.3 Å². The van der Waals surface area contributed by atoms with Crippen molar-refractivity contribution >= 4 is 0 Å². The van der Waals surface area contributed by atoms with Crippen LogP contribution < -0.4 is 10.9 Å². The van der Waals surface area contributed by atoms with Crippen molar-refractivity contribution in [1.29, 1.82) is 0 Å². The molecule has 5 nitrogen and oxygen atoms in total. The number of rotatable bonds is 1. The molecular weight excluding hydrogens is 216 g/mol. The van der Waals surface area contributed by atoms with E-state index in [1.807, 2.05) is 13.0 Å². The van der Waals surface area contributed by atoms with Crippen molar-refractivity contribution in [2.24, 2.45) is 0 Å². The fraction of sp³-hybridized carbons (Fsp3) is 0.250. The summed E-state index contributed by atoms with van der Waals surface area (Å²) in [5.74, 6) is 0.600. The summed E-state index contributed by atoms with van der Waals surface area (Å²) in [4.78, 5) is 23.2. The molecule has 5 heteroatoms. The van der Waals surface area contributed by atoms with Crippen molar-refractivity contribution < 1.29 is 0 Å².